The summed E-state index contributed by atoms with van der Waals surface area (Å²) in [6.45, 7) is 6.73. The molecule has 0 atom stereocenters. The van der Waals surface area contributed by atoms with Gasteiger partial charge >= 0.3 is 0 Å². The zero-order chi connectivity index (χ0) is 12.8. The van der Waals surface area contributed by atoms with Gasteiger partial charge in [-0.25, -0.2) is 0 Å². The Hall–Kier alpha value is -1.76. The van der Waals surface area contributed by atoms with Gasteiger partial charge < -0.3 is 4.74 Å². The van der Waals surface area contributed by atoms with Gasteiger partial charge in [0.15, 0.2) is 0 Å². The number of aryl methyl sites for hydroxylation is 1. The van der Waals surface area contributed by atoms with E-state index in [1.54, 1.807) is 0 Å². The summed E-state index contributed by atoms with van der Waals surface area (Å²) >= 11 is 0. The van der Waals surface area contributed by atoms with Gasteiger partial charge in [-0.2, -0.15) is 0 Å². The minimum atomic E-state index is 0.00928. The Morgan fingerprint density at radius 2 is 1.67 bits per heavy atom. The average Bonchev–Trinajstić information content (AvgIpc) is 2.39. The molecule has 0 aromatic heterocycles. The van der Waals surface area contributed by atoms with E-state index in [-0.39, 0.29) is 5.41 Å². The summed E-state index contributed by atoms with van der Waals surface area (Å²) in [6.07, 6.45) is 1.06. The van der Waals surface area contributed by atoms with E-state index in [0.29, 0.717) is 0 Å². The maximum absolute atomic E-state index is 6.01. The van der Waals surface area contributed by atoms with Crippen molar-refractivity contribution in [2.45, 2.75) is 32.6 Å². The average molecular weight is 238 g/mol. The van der Waals surface area contributed by atoms with Crippen LogP contribution in [0, 0.1) is 0 Å². The summed E-state index contributed by atoms with van der Waals surface area (Å²) in [7, 11) is 0. The first-order valence-corrected chi connectivity index (χ1v) is 6.53. The van der Waals surface area contributed by atoms with E-state index in [1.807, 2.05) is 12.1 Å². The fourth-order valence-electron chi connectivity index (χ4n) is 2.71. The van der Waals surface area contributed by atoms with E-state index >= 15 is 0 Å². The zero-order valence-corrected chi connectivity index (χ0v) is 11.2. The van der Waals surface area contributed by atoms with Crippen molar-refractivity contribution in [1.82, 2.24) is 0 Å². The number of rotatable bonds is 1. The fourth-order valence-corrected chi connectivity index (χ4v) is 2.71. The van der Waals surface area contributed by atoms with E-state index < -0.39 is 0 Å². The van der Waals surface area contributed by atoms with Crippen molar-refractivity contribution in [1.29, 1.82) is 0 Å². The van der Waals surface area contributed by atoms with Crippen LogP contribution in [-0.2, 0) is 11.8 Å². The largest absolute Gasteiger partial charge is 0.457 e. The second-order valence-electron chi connectivity index (χ2n) is 5.41. The van der Waals surface area contributed by atoms with E-state index in [4.69, 9.17) is 4.74 Å². The number of ether oxygens (including phenoxy) is 1. The molecule has 1 heterocycles. The molecule has 0 saturated carbocycles. The second-order valence-corrected chi connectivity index (χ2v) is 5.41. The zero-order valence-electron chi connectivity index (χ0n) is 11.2. The Labute approximate surface area is 108 Å². The molecular weight excluding hydrogens is 220 g/mol. The standard InChI is InChI=1S/C17H18O/c1-4-12-9-10-16-14(11-12)17(2,3)13-7-5-6-8-15(13)18-16/h5-11H,4H2,1-3H3. The third-order valence-electron chi connectivity index (χ3n) is 3.91. The lowest BCUT2D eigenvalue weighted by atomic mass is 9.75. The molecule has 0 bridgehead atoms. The highest BCUT2D eigenvalue weighted by Gasteiger charge is 2.33. The van der Waals surface area contributed by atoms with Gasteiger partial charge in [-0.3, -0.25) is 0 Å². The van der Waals surface area contributed by atoms with Crippen LogP contribution >= 0.6 is 0 Å². The van der Waals surface area contributed by atoms with Crippen LogP contribution in [0.25, 0.3) is 0 Å². The maximum Gasteiger partial charge on any atom is 0.131 e. The summed E-state index contributed by atoms with van der Waals surface area (Å²) in [5.41, 5.74) is 3.94. The predicted molar refractivity (Wildman–Crippen MR) is 74.5 cm³/mol. The van der Waals surface area contributed by atoms with Crippen molar-refractivity contribution in [3.63, 3.8) is 0 Å². The van der Waals surface area contributed by atoms with Crippen LogP contribution in [0.1, 0.15) is 37.5 Å². The minimum Gasteiger partial charge on any atom is -0.457 e. The van der Waals surface area contributed by atoms with Crippen molar-refractivity contribution >= 4 is 0 Å². The molecule has 0 radical (unpaired) electrons. The van der Waals surface area contributed by atoms with Crippen molar-refractivity contribution < 1.29 is 4.74 Å². The highest BCUT2D eigenvalue weighted by molar-refractivity contribution is 5.57. The first kappa shape index (κ1) is 11.3. The van der Waals surface area contributed by atoms with Crippen molar-refractivity contribution in [2.75, 3.05) is 0 Å². The molecule has 1 aliphatic heterocycles. The topological polar surface area (TPSA) is 9.23 Å². The molecule has 18 heavy (non-hydrogen) atoms. The molecule has 2 aromatic rings. The van der Waals surface area contributed by atoms with Gasteiger partial charge in [0.2, 0.25) is 0 Å². The molecule has 92 valence electrons. The lowest BCUT2D eigenvalue weighted by Gasteiger charge is -2.34. The number of para-hydroxylation sites is 1. The Morgan fingerprint density at radius 3 is 2.44 bits per heavy atom. The summed E-state index contributed by atoms with van der Waals surface area (Å²) in [5, 5.41) is 0. The third kappa shape index (κ3) is 1.54. The van der Waals surface area contributed by atoms with Gasteiger partial charge in [-0.05, 0) is 24.1 Å². The summed E-state index contributed by atoms with van der Waals surface area (Å²) in [6, 6.07) is 14.9. The van der Waals surface area contributed by atoms with Crippen LogP contribution in [0.4, 0.5) is 0 Å². The first-order chi connectivity index (χ1) is 8.63. The number of benzene rings is 2. The Kier molecular flexibility index (Phi) is 2.44. The molecule has 1 heteroatoms. The van der Waals surface area contributed by atoms with E-state index in [0.717, 1.165) is 17.9 Å². The van der Waals surface area contributed by atoms with Crippen molar-refractivity contribution in [3.8, 4) is 11.5 Å². The van der Waals surface area contributed by atoms with E-state index in [2.05, 4.69) is 51.1 Å². The molecule has 0 amide bonds. The Morgan fingerprint density at radius 1 is 0.944 bits per heavy atom. The van der Waals surface area contributed by atoms with Gasteiger partial charge in [0, 0.05) is 16.5 Å². The summed E-state index contributed by atoms with van der Waals surface area (Å²) in [4.78, 5) is 0. The maximum atomic E-state index is 6.01. The summed E-state index contributed by atoms with van der Waals surface area (Å²) in [5.74, 6) is 1.98. The molecule has 0 N–H and O–H groups in total. The highest BCUT2D eigenvalue weighted by atomic mass is 16.5. The Bertz CT molecular complexity index is 596. The van der Waals surface area contributed by atoms with Crippen molar-refractivity contribution in [2.24, 2.45) is 0 Å². The lowest BCUT2D eigenvalue weighted by Crippen LogP contribution is -2.24. The van der Waals surface area contributed by atoms with Gasteiger partial charge in [0.25, 0.3) is 0 Å². The van der Waals surface area contributed by atoms with Gasteiger partial charge in [0.05, 0.1) is 0 Å². The SMILES string of the molecule is CCc1ccc2c(c1)C(C)(C)c1ccccc1O2. The number of hydrogen-bond acceptors (Lipinski definition) is 1. The smallest absolute Gasteiger partial charge is 0.131 e. The molecule has 0 spiro atoms. The monoisotopic (exact) mass is 238 g/mol. The van der Waals surface area contributed by atoms with E-state index in [1.165, 1.54) is 16.7 Å². The highest BCUT2D eigenvalue weighted by Crippen LogP contribution is 2.47. The molecule has 0 fully saturated rings. The predicted octanol–water partition coefficient (Wildman–Crippen LogP) is 4.68. The number of fused-ring (bicyclic) bond motifs is 2. The molecular formula is C17H18O. The molecule has 0 saturated heterocycles. The van der Waals surface area contributed by atoms with E-state index in [9.17, 15) is 0 Å². The van der Waals surface area contributed by atoms with Crippen LogP contribution in [0.2, 0.25) is 0 Å². The van der Waals surface area contributed by atoms with Crippen LogP contribution in [0.5, 0.6) is 11.5 Å². The molecule has 1 aliphatic rings. The minimum absolute atomic E-state index is 0.00928. The molecule has 1 nitrogen and oxygen atoms in total. The molecule has 0 unspecified atom stereocenters. The molecule has 0 aliphatic carbocycles. The lowest BCUT2D eigenvalue weighted by molar-refractivity contribution is 0.417. The summed E-state index contributed by atoms with van der Waals surface area (Å²) < 4.78 is 6.01. The van der Waals surface area contributed by atoms with Gasteiger partial charge in [-0.15, -0.1) is 0 Å². The normalized spacial score (nSPS) is 15.5. The van der Waals surface area contributed by atoms with Crippen LogP contribution in [0.3, 0.4) is 0 Å². The molecule has 2 aromatic carbocycles. The number of hydrogen-bond donors (Lipinski definition) is 0. The first-order valence-electron chi connectivity index (χ1n) is 6.53. The Balaban J connectivity index is 2.22. The third-order valence-corrected chi connectivity index (χ3v) is 3.91. The molecule has 3 rings (SSSR count). The van der Waals surface area contributed by atoms with Crippen LogP contribution in [0.15, 0.2) is 42.5 Å². The van der Waals surface area contributed by atoms with Gasteiger partial charge in [-0.1, -0.05) is 51.1 Å². The second kappa shape index (κ2) is 3.88. The van der Waals surface area contributed by atoms with Crippen molar-refractivity contribution in [3.05, 3.63) is 59.2 Å². The van der Waals surface area contributed by atoms with Crippen LogP contribution < -0.4 is 4.74 Å². The quantitative estimate of drug-likeness (QED) is 0.701. The van der Waals surface area contributed by atoms with Gasteiger partial charge in [0.1, 0.15) is 11.5 Å². The fraction of sp³-hybridized carbons (Fsp3) is 0.294. The van der Waals surface area contributed by atoms with Crippen LogP contribution in [-0.4, -0.2) is 0 Å².